The topological polar surface area (TPSA) is 101 Å². The molecule has 1 aromatic carbocycles. The van der Waals surface area contributed by atoms with Gasteiger partial charge in [0.25, 0.3) is 10.0 Å². The number of hydrogen-bond donors (Lipinski definition) is 3. The lowest BCUT2D eigenvalue weighted by atomic mass is 10.2. The highest BCUT2D eigenvalue weighted by Crippen LogP contribution is 2.22. The van der Waals surface area contributed by atoms with E-state index in [2.05, 4.69) is 10.2 Å². The number of halogens is 2. The summed E-state index contributed by atoms with van der Waals surface area (Å²) in [7, 11) is -4.12. The smallest absolute Gasteiger partial charge is 0.279 e. The molecule has 0 unspecified atom stereocenters. The van der Waals surface area contributed by atoms with E-state index in [0.717, 1.165) is 12.1 Å². The Morgan fingerprint density at radius 2 is 2.05 bits per heavy atom. The molecule has 0 aliphatic heterocycles. The van der Waals surface area contributed by atoms with E-state index < -0.39 is 27.3 Å². The average Bonchev–Trinajstić information content (AvgIpc) is 2.84. The Balaban J connectivity index is 2.41. The van der Waals surface area contributed by atoms with Crippen LogP contribution < -0.4 is 10.5 Å². The van der Waals surface area contributed by atoms with Gasteiger partial charge in [-0.25, -0.2) is 8.78 Å². The Bertz CT molecular complexity index is 743. The summed E-state index contributed by atoms with van der Waals surface area (Å²) in [5.74, 6) is -1.59. The van der Waals surface area contributed by atoms with Crippen molar-refractivity contribution in [2.24, 2.45) is 5.73 Å². The fourth-order valence-corrected chi connectivity index (χ4v) is 2.80. The molecule has 1 heterocycles. The number of anilines is 1. The predicted octanol–water partition coefficient (Wildman–Crippen LogP) is 1.26. The normalized spacial score (nSPS) is 11.6. The molecular formula is C11H12F2N4O2S. The number of sulfonamides is 1. The molecule has 108 valence electrons. The van der Waals surface area contributed by atoms with Gasteiger partial charge in [-0.3, -0.25) is 9.82 Å². The fourth-order valence-electron chi connectivity index (χ4n) is 1.60. The summed E-state index contributed by atoms with van der Waals surface area (Å²) < 4.78 is 53.1. The van der Waals surface area contributed by atoms with Crippen molar-refractivity contribution in [1.82, 2.24) is 10.2 Å². The van der Waals surface area contributed by atoms with Crippen molar-refractivity contribution in [3.05, 3.63) is 41.1 Å². The van der Waals surface area contributed by atoms with Gasteiger partial charge in [0.05, 0.1) is 11.9 Å². The summed E-state index contributed by atoms with van der Waals surface area (Å²) in [5, 5.41) is 5.55. The van der Waals surface area contributed by atoms with Crippen molar-refractivity contribution in [3.8, 4) is 0 Å². The summed E-state index contributed by atoms with van der Waals surface area (Å²) in [4.78, 5) is 0. The quantitative estimate of drug-likeness (QED) is 0.791. The monoisotopic (exact) mass is 302 g/mol. The standard InChI is InChI=1S/C11H12F2N4O2S/c1-6-2-9(13)10(3-8(6)12)17-20(18,19)11-7(4-14)5-15-16-11/h2-3,5,17H,4,14H2,1H3,(H,15,16). The van der Waals surface area contributed by atoms with Gasteiger partial charge < -0.3 is 5.73 Å². The van der Waals surface area contributed by atoms with Crippen molar-refractivity contribution >= 4 is 15.7 Å². The molecule has 2 aromatic rings. The van der Waals surface area contributed by atoms with Crippen LogP contribution in [0.5, 0.6) is 0 Å². The number of nitrogens with two attached hydrogens (primary N) is 1. The Labute approximate surface area is 114 Å². The zero-order chi connectivity index (χ0) is 14.9. The highest BCUT2D eigenvalue weighted by atomic mass is 32.2. The highest BCUT2D eigenvalue weighted by molar-refractivity contribution is 7.92. The van der Waals surface area contributed by atoms with Crippen LogP contribution in [0, 0.1) is 18.6 Å². The molecule has 0 radical (unpaired) electrons. The lowest BCUT2D eigenvalue weighted by molar-refractivity contribution is 0.588. The van der Waals surface area contributed by atoms with Crippen LogP contribution in [0.2, 0.25) is 0 Å². The van der Waals surface area contributed by atoms with E-state index in [-0.39, 0.29) is 22.7 Å². The van der Waals surface area contributed by atoms with E-state index >= 15 is 0 Å². The van der Waals surface area contributed by atoms with Crippen LogP contribution >= 0.6 is 0 Å². The molecule has 0 fully saturated rings. The number of hydrogen-bond acceptors (Lipinski definition) is 4. The summed E-state index contributed by atoms with van der Waals surface area (Å²) in [6, 6.07) is 1.69. The molecule has 1 aromatic heterocycles. The molecule has 0 saturated carbocycles. The van der Waals surface area contributed by atoms with Gasteiger partial charge in [0.15, 0.2) is 5.03 Å². The lowest BCUT2D eigenvalue weighted by Gasteiger charge is -2.09. The maximum atomic E-state index is 13.6. The van der Waals surface area contributed by atoms with Gasteiger partial charge in [0, 0.05) is 18.2 Å². The molecule has 0 bridgehead atoms. The molecule has 2 rings (SSSR count). The lowest BCUT2D eigenvalue weighted by Crippen LogP contribution is -2.17. The van der Waals surface area contributed by atoms with E-state index in [1.807, 2.05) is 4.72 Å². The predicted molar refractivity (Wildman–Crippen MR) is 68.4 cm³/mol. The molecule has 9 heteroatoms. The van der Waals surface area contributed by atoms with Crippen molar-refractivity contribution in [2.75, 3.05) is 4.72 Å². The van der Waals surface area contributed by atoms with Gasteiger partial charge in [-0.2, -0.15) is 13.5 Å². The third-order valence-corrected chi connectivity index (χ3v) is 4.04. The SMILES string of the molecule is Cc1cc(F)c(NS(=O)(=O)c2[nH]ncc2CN)cc1F. The van der Waals surface area contributed by atoms with Crippen LogP contribution in [-0.4, -0.2) is 18.6 Å². The largest absolute Gasteiger partial charge is 0.326 e. The minimum absolute atomic E-state index is 0.0581. The average molecular weight is 302 g/mol. The van der Waals surface area contributed by atoms with Gasteiger partial charge in [0.2, 0.25) is 0 Å². The van der Waals surface area contributed by atoms with Gasteiger partial charge in [-0.05, 0) is 18.6 Å². The molecule has 4 N–H and O–H groups in total. The number of nitrogens with zero attached hydrogens (tertiary/aromatic N) is 1. The first kappa shape index (κ1) is 14.4. The first-order valence-corrected chi connectivity index (χ1v) is 7.04. The number of rotatable bonds is 4. The first-order valence-electron chi connectivity index (χ1n) is 5.56. The van der Waals surface area contributed by atoms with Crippen molar-refractivity contribution < 1.29 is 17.2 Å². The Kier molecular flexibility index (Phi) is 3.73. The van der Waals surface area contributed by atoms with Crippen molar-refractivity contribution in [2.45, 2.75) is 18.5 Å². The Morgan fingerprint density at radius 3 is 2.70 bits per heavy atom. The number of aromatic amines is 1. The summed E-state index contributed by atoms with van der Waals surface area (Å²) in [6.07, 6.45) is 1.25. The number of H-pyrrole nitrogens is 1. The zero-order valence-corrected chi connectivity index (χ0v) is 11.3. The van der Waals surface area contributed by atoms with E-state index in [4.69, 9.17) is 5.73 Å². The van der Waals surface area contributed by atoms with Crippen molar-refractivity contribution in [3.63, 3.8) is 0 Å². The highest BCUT2D eigenvalue weighted by Gasteiger charge is 2.22. The van der Waals surface area contributed by atoms with E-state index in [9.17, 15) is 17.2 Å². The molecule has 0 spiro atoms. The van der Waals surface area contributed by atoms with E-state index in [1.165, 1.54) is 13.1 Å². The molecule has 0 aliphatic rings. The Hall–Kier alpha value is -2.00. The number of aromatic nitrogens is 2. The summed E-state index contributed by atoms with van der Waals surface area (Å²) in [5.41, 5.74) is 5.21. The van der Waals surface area contributed by atoms with E-state index in [1.54, 1.807) is 0 Å². The van der Waals surface area contributed by atoms with Crippen LogP contribution in [0.4, 0.5) is 14.5 Å². The third kappa shape index (κ3) is 2.63. The fraction of sp³-hybridized carbons (Fsp3) is 0.182. The maximum Gasteiger partial charge on any atom is 0.279 e. The summed E-state index contributed by atoms with van der Waals surface area (Å²) in [6.45, 7) is 1.32. The van der Waals surface area contributed by atoms with Crippen LogP contribution in [0.3, 0.4) is 0 Å². The summed E-state index contributed by atoms with van der Waals surface area (Å²) >= 11 is 0. The maximum absolute atomic E-state index is 13.6. The Morgan fingerprint density at radius 1 is 1.35 bits per heavy atom. The zero-order valence-electron chi connectivity index (χ0n) is 10.4. The van der Waals surface area contributed by atoms with Crippen LogP contribution in [0.25, 0.3) is 0 Å². The molecular weight excluding hydrogens is 290 g/mol. The van der Waals surface area contributed by atoms with Crippen LogP contribution in [0.15, 0.2) is 23.4 Å². The molecule has 0 saturated heterocycles. The van der Waals surface area contributed by atoms with Crippen LogP contribution in [0.1, 0.15) is 11.1 Å². The second-order valence-corrected chi connectivity index (χ2v) is 5.73. The number of nitrogens with one attached hydrogen (secondary N) is 2. The molecule has 6 nitrogen and oxygen atoms in total. The van der Waals surface area contributed by atoms with Crippen LogP contribution in [-0.2, 0) is 16.6 Å². The second kappa shape index (κ2) is 5.17. The number of benzene rings is 1. The van der Waals surface area contributed by atoms with Gasteiger partial charge in [-0.15, -0.1) is 0 Å². The molecule has 0 aliphatic carbocycles. The minimum Gasteiger partial charge on any atom is -0.326 e. The van der Waals surface area contributed by atoms with E-state index in [0.29, 0.717) is 0 Å². The molecule has 0 amide bonds. The molecule has 0 atom stereocenters. The van der Waals surface area contributed by atoms with Crippen molar-refractivity contribution in [1.29, 1.82) is 0 Å². The van der Waals surface area contributed by atoms with Gasteiger partial charge in [0.1, 0.15) is 11.6 Å². The third-order valence-electron chi connectivity index (χ3n) is 2.66. The van der Waals surface area contributed by atoms with Gasteiger partial charge in [-0.1, -0.05) is 0 Å². The number of aryl methyl sites for hydroxylation is 1. The molecule has 20 heavy (non-hydrogen) atoms. The first-order chi connectivity index (χ1) is 9.35. The second-order valence-electron chi connectivity index (χ2n) is 4.12. The van der Waals surface area contributed by atoms with Gasteiger partial charge >= 0.3 is 0 Å². The minimum atomic E-state index is -4.12.